The van der Waals surface area contributed by atoms with Gasteiger partial charge in [-0.25, -0.2) is 9.45 Å². The van der Waals surface area contributed by atoms with Gasteiger partial charge in [0.15, 0.2) is 6.17 Å². The number of aromatic hydroxyl groups is 1. The number of halogens is 1. The maximum absolute atomic E-state index is 12.9. The largest absolute Gasteiger partial charge is 0.508 e. The summed E-state index contributed by atoms with van der Waals surface area (Å²) in [5, 5.41) is 28.7. The van der Waals surface area contributed by atoms with Crippen molar-refractivity contribution in [1.29, 1.82) is 0 Å². The van der Waals surface area contributed by atoms with Gasteiger partial charge in [0.2, 0.25) is 0 Å². The fourth-order valence-corrected chi connectivity index (χ4v) is 2.05. The lowest BCUT2D eigenvalue weighted by atomic mass is 10.1. The van der Waals surface area contributed by atoms with Crippen molar-refractivity contribution in [3.05, 3.63) is 71.7 Å². The van der Waals surface area contributed by atoms with Crippen LogP contribution in [0.5, 0.6) is 5.75 Å². The quantitative estimate of drug-likeness (QED) is 0.884. The van der Waals surface area contributed by atoms with E-state index in [0.717, 1.165) is 5.06 Å². The van der Waals surface area contributed by atoms with Crippen LogP contribution in [0, 0.1) is 5.82 Å². The molecule has 6 heteroatoms. The van der Waals surface area contributed by atoms with Crippen LogP contribution in [0.4, 0.5) is 4.39 Å². The third-order valence-corrected chi connectivity index (χ3v) is 3.13. The van der Waals surface area contributed by atoms with Gasteiger partial charge < -0.3 is 5.11 Å². The highest BCUT2D eigenvalue weighted by molar-refractivity contribution is 5.64. The minimum Gasteiger partial charge on any atom is -0.508 e. The van der Waals surface area contributed by atoms with Gasteiger partial charge in [0.25, 0.3) is 0 Å². The molecule has 0 bridgehead atoms. The Morgan fingerprint density at radius 2 is 1.76 bits per heavy atom. The molecule has 5 nitrogen and oxygen atoms in total. The van der Waals surface area contributed by atoms with Crippen LogP contribution in [0.25, 0.3) is 5.70 Å². The van der Waals surface area contributed by atoms with E-state index in [-0.39, 0.29) is 11.6 Å². The van der Waals surface area contributed by atoms with Crippen LogP contribution in [0.1, 0.15) is 17.3 Å². The third kappa shape index (κ3) is 2.61. The Bertz CT molecular complexity index is 713. The monoisotopic (exact) mass is 285 g/mol. The van der Waals surface area contributed by atoms with E-state index in [1.165, 1.54) is 24.4 Å². The second kappa shape index (κ2) is 5.34. The molecule has 0 saturated carbocycles. The molecule has 1 unspecified atom stereocenters. The SMILES string of the molecule is Oc1ccccc1C1N=NC(c2ccc(F)cc2)=CN1O. The van der Waals surface area contributed by atoms with Gasteiger partial charge >= 0.3 is 0 Å². The van der Waals surface area contributed by atoms with Gasteiger partial charge in [0, 0.05) is 11.1 Å². The van der Waals surface area contributed by atoms with Crippen molar-refractivity contribution in [1.82, 2.24) is 5.06 Å². The lowest BCUT2D eigenvalue weighted by molar-refractivity contribution is -0.0826. The lowest BCUT2D eigenvalue weighted by Crippen LogP contribution is -2.20. The van der Waals surface area contributed by atoms with Gasteiger partial charge in [0.1, 0.15) is 17.3 Å². The summed E-state index contributed by atoms with van der Waals surface area (Å²) in [7, 11) is 0. The fourth-order valence-electron chi connectivity index (χ4n) is 2.05. The Kier molecular flexibility index (Phi) is 3.37. The Labute approximate surface area is 120 Å². The van der Waals surface area contributed by atoms with Gasteiger partial charge in [-0.3, -0.25) is 5.21 Å². The third-order valence-electron chi connectivity index (χ3n) is 3.13. The first-order valence-electron chi connectivity index (χ1n) is 6.29. The molecule has 1 aliphatic rings. The second-order valence-electron chi connectivity index (χ2n) is 4.55. The minimum atomic E-state index is -0.810. The summed E-state index contributed by atoms with van der Waals surface area (Å²) in [6.45, 7) is 0. The summed E-state index contributed by atoms with van der Waals surface area (Å²) >= 11 is 0. The van der Waals surface area contributed by atoms with E-state index in [1.54, 1.807) is 30.3 Å². The predicted molar refractivity (Wildman–Crippen MR) is 73.7 cm³/mol. The smallest absolute Gasteiger partial charge is 0.194 e. The average Bonchev–Trinajstić information content (AvgIpc) is 2.49. The van der Waals surface area contributed by atoms with E-state index in [2.05, 4.69) is 10.2 Å². The normalized spacial score (nSPS) is 17.7. The first kappa shape index (κ1) is 13.3. The van der Waals surface area contributed by atoms with Crippen molar-refractivity contribution in [3.63, 3.8) is 0 Å². The van der Waals surface area contributed by atoms with Gasteiger partial charge in [-0.2, -0.15) is 10.2 Å². The van der Waals surface area contributed by atoms with E-state index in [1.807, 2.05) is 0 Å². The maximum Gasteiger partial charge on any atom is 0.194 e. The molecule has 2 N–H and O–H groups in total. The molecule has 0 spiro atoms. The maximum atomic E-state index is 12.9. The molecule has 1 atom stereocenters. The highest BCUT2D eigenvalue weighted by Crippen LogP contribution is 2.34. The Morgan fingerprint density at radius 3 is 2.43 bits per heavy atom. The summed E-state index contributed by atoms with van der Waals surface area (Å²) in [6, 6.07) is 12.3. The predicted octanol–water partition coefficient (Wildman–Crippen LogP) is 3.69. The molecule has 3 rings (SSSR count). The van der Waals surface area contributed by atoms with E-state index in [9.17, 15) is 14.7 Å². The second-order valence-corrected chi connectivity index (χ2v) is 4.55. The topological polar surface area (TPSA) is 68.4 Å². The molecule has 21 heavy (non-hydrogen) atoms. The number of rotatable bonds is 2. The summed E-state index contributed by atoms with van der Waals surface area (Å²) in [5.41, 5.74) is 1.48. The van der Waals surface area contributed by atoms with Crippen molar-refractivity contribution < 1.29 is 14.7 Å². The van der Waals surface area contributed by atoms with Crippen molar-refractivity contribution >= 4 is 5.70 Å². The zero-order valence-corrected chi connectivity index (χ0v) is 10.9. The van der Waals surface area contributed by atoms with Crippen molar-refractivity contribution in [2.45, 2.75) is 6.17 Å². The summed E-state index contributed by atoms with van der Waals surface area (Å²) in [5.74, 6) is -0.320. The van der Waals surface area contributed by atoms with Crippen LogP contribution >= 0.6 is 0 Å². The molecule has 0 fully saturated rings. The van der Waals surface area contributed by atoms with Gasteiger partial charge in [-0.05, 0) is 30.3 Å². The van der Waals surface area contributed by atoms with E-state index in [4.69, 9.17) is 0 Å². The highest BCUT2D eigenvalue weighted by Gasteiger charge is 2.23. The Morgan fingerprint density at radius 1 is 1.05 bits per heavy atom. The van der Waals surface area contributed by atoms with Crippen molar-refractivity contribution in [2.24, 2.45) is 10.2 Å². The number of hydrogen-bond donors (Lipinski definition) is 2. The molecule has 0 aromatic heterocycles. The zero-order valence-electron chi connectivity index (χ0n) is 10.9. The lowest BCUT2D eigenvalue weighted by Gasteiger charge is -2.24. The van der Waals surface area contributed by atoms with Crippen LogP contribution in [0.2, 0.25) is 0 Å². The molecule has 1 heterocycles. The number of hydroxylamine groups is 2. The van der Waals surface area contributed by atoms with Gasteiger partial charge in [-0.1, -0.05) is 18.2 Å². The van der Waals surface area contributed by atoms with Crippen LogP contribution in [0.3, 0.4) is 0 Å². The zero-order chi connectivity index (χ0) is 14.8. The molecular weight excluding hydrogens is 273 g/mol. The molecule has 2 aromatic rings. The van der Waals surface area contributed by atoms with Crippen molar-refractivity contribution in [2.75, 3.05) is 0 Å². The molecule has 0 aliphatic carbocycles. The number of hydrogen-bond acceptors (Lipinski definition) is 5. The van der Waals surface area contributed by atoms with Crippen LogP contribution in [-0.4, -0.2) is 15.4 Å². The summed E-state index contributed by atoms with van der Waals surface area (Å²) < 4.78 is 12.9. The van der Waals surface area contributed by atoms with E-state index >= 15 is 0 Å². The molecule has 0 saturated heterocycles. The molecule has 0 radical (unpaired) electrons. The molecule has 106 valence electrons. The first-order chi connectivity index (χ1) is 10.1. The summed E-state index contributed by atoms with van der Waals surface area (Å²) in [6.07, 6.45) is 0.576. The number of phenolic OH excluding ortho intramolecular Hbond substituents is 1. The van der Waals surface area contributed by atoms with Gasteiger partial charge in [0.05, 0.1) is 6.20 Å². The molecule has 2 aromatic carbocycles. The van der Waals surface area contributed by atoms with E-state index < -0.39 is 6.17 Å². The number of benzene rings is 2. The summed E-state index contributed by atoms with van der Waals surface area (Å²) in [4.78, 5) is 0. The number of azo groups is 1. The number of phenols is 1. The van der Waals surface area contributed by atoms with Crippen LogP contribution in [0.15, 0.2) is 65.0 Å². The Hall–Kier alpha value is -2.73. The number of nitrogens with zero attached hydrogens (tertiary/aromatic N) is 3. The first-order valence-corrected chi connectivity index (χ1v) is 6.29. The van der Waals surface area contributed by atoms with Crippen molar-refractivity contribution in [3.8, 4) is 5.75 Å². The fraction of sp³-hybridized carbons (Fsp3) is 0.0667. The minimum absolute atomic E-state index is 0.0270. The van der Waals surface area contributed by atoms with Crippen LogP contribution in [-0.2, 0) is 0 Å². The highest BCUT2D eigenvalue weighted by atomic mass is 19.1. The standard InChI is InChI=1S/C15H12FN3O2/c16-11-7-5-10(6-8-11)13-9-19(21)15(18-17-13)12-3-1-2-4-14(12)20/h1-9,15,20-21H. The van der Waals surface area contributed by atoms with Gasteiger partial charge in [-0.15, -0.1) is 0 Å². The van der Waals surface area contributed by atoms with E-state index in [0.29, 0.717) is 16.8 Å². The van der Waals surface area contributed by atoms with Crippen LogP contribution < -0.4 is 0 Å². The molecule has 1 aliphatic heterocycles. The molecule has 0 amide bonds. The number of para-hydroxylation sites is 1. The molecular formula is C15H12FN3O2. The Balaban J connectivity index is 1.89. The average molecular weight is 285 g/mol.